The minimum absolute atomic E-state index is 0.0605. The number of carboxylic acid groups (broad SMARTS) is 1. The van der Waals surface area contributed by atoms with Gasteiger partial charge in [-0.15, -0.1) is 0 Å². The van der Waals surface area contributed by atoms with Gasteiger partial charge in [-0.25, -0.2) is 0 Å². The van der Waals surface area contributed by atoms with Gasteiger partial charge in [0.1, 0.15) is 5.02 Å². The molecule has 0 atom stereocenters. The van der Waals surface area contributed by atoms with Crippen LogP contribution >= 0.6 is 23.2 Å². The molecule has 1 fully saturated rings. The first-order valence-electron chi connectivity index (χ1n) is 7.99. The van der Waals surface area contributed by atoms with Crippen LogP contribution in [0.3, 0.4) is 0 Å². The third kappa shape index (κ3) is 3.96. The Balaban J connectivity index is 1.76. The van der Waals surface area contributed by atoms with Crippen molar-refractivity contribution in [3.8, 4) is 5.69 Å². The summed E-state index contributed by atoms with van der Waals surface area (Å²) in [6.45, 7) is 0. The predicted octanol–water partition coefficient (Wildman–Crippen LogP) is 3.59. The van der Waals surface area contributed by atoms with Gasteiger partial charge in [0.2, 0.25) is 0 Å². The minimum Gasteiger partial charge on any atom is -0.481 e. The lowest BCUT2D eigenvalue weighted by atomic mass is 9.86. The molecule has 0 spiro atoms. The Hall–Kier alpha value is -2.05. The van der Waals surface area contributed by atoms with E-state index in [1.165, 1.54) is 10.9 Å². The number of nitrogens with one attached hydrogen (secondary N) is 1. The summed E-state index contributed by atoms with van der Waals surface area (Å²) in [7, 11) is 0. The number of halogens is 2. The molecule has 1 aromatic carbocycles. The SMILES string of the molecule is O=C(O)C1CCC(Nc2cnn(-c3ccc(Cl)cc3)c(=O)c2Cl)CC1. The van der Waals surface area contributed by atoms with Crippen molar-refractivity contribution in [3.05, 3.63) is 50.9 Å². The van der Waals surface area contributed by atoms with Crippen LogP contribution in [0.2, 0.25) is 10.0 Å². The Morgan fingerprint density at radius 1 is 1.16 bits per heavy atom. The molecular formula is C17H17Cl2N3O3. The van der Waals surface area contributed by atoms with E-state index in [0.717, 1.165) is 0 Å². The van der Waals surface area contributed by atoms with Gasteiger partial charge in [-0.05, 0) is 49.9 Å². The Morgan fingerprint density at radius 2 is 1.80 bits per heavy atom. The normalized spacial score (nSPS) is 20.2. The zero-order valence-corrected chi connectivity index (χ0v) is 14.8. The Kier molecular flexibility index (Phi) is 5.30. The largest absolute Gasteiger partial charge is 0.481 e. The van der Waals surface area contributed by atoms with Gasteiger partial charge in [0.15, 0.2) is 0 Å². The van der Waals surface area contributed by atoms with Crippen LogP contribution in [0.1, 0.15) is 25.7 Å². The van der Waals surface area contributed by atoms with Gasteiger partial charge in [0, 0.05) is 11.1 Å². The lowest BCUT2D eigenvalue weighted by Crippen LogP contribution is -2.30. The molecule has 132 valence electrons. The van der Waals surface area contributed by atoms with Gasteiger partial charge in [-0.3, -0.25) is 9.59 Å². The number of carboxylic acids is 1. The lowest BCUT2D eigenvalue weighted by Gasteiger charge is -2.27. The fraction of sp³-hybridized carbons (Fsp3) is 0.353. The zero-order valence-electron chi connectivity index (χ0n) is 13.3. The molecule has 1 aromatic heterocycles. The summed E-state index contributed by atoms with van der Waals surface area (Å²) in [5.74, 6) is -1.03. The quantitative estimate of drug-likeness (QED) is 0.844. The highest BCUT2D eigenvalue weighted by atomic mass is 35.5. The summed E-state index contributed by atoms with van der Waals surface area (Å²) in [5, 5.41) is 17.1. The van der Waals surface area contributed by atoms with Crippen LogP contribution in [-0.4, -0.2) is 26.9 Å². The number of anilines is 1. The highest BCUT2D eigenvalue weighted by molar-refractivity contribution is 6.33. The minimum atomic E-state index is -0.747. The van der Waals surface area contributed by atoms with Gasteiger partial charge in [0.05, 0.1) is 23.5 Å². The number of hydrogen-bond donors (Lipinski definition) is 2. The van der Waals surface area contributed by atoms with E-state index in [0.29, 0.717) is 42.1 Å². The van der Waals surface area contributed by atoms with Crippen molar-refractivity contribution < 1.29 is 9.90 Å². The van der Waals surface area contributed by atoms with Crippen LogP contribution in [0, 0.1) is 5.92 Å². The average Bonchev–Trinajstić information content (AvgIpc) is 2.61. The van der Waals surface area contributed by atoms with Gasteiger partial charge in [0.25, 0.3) is 5.56 Å². The predicted molar refractivity (Wildman–Crippen MR) is 96.9 cm³/mol. The summed E-state index contributed by atoms with van der Waals surface area (Å²) in [6.07, 6.45) is 4.17. The molecule has 0 aliphatic heterocycles. The first-order chi connectivity index (χ1) is 12.0. The zero-order chi connectivity index (χ0) is 18.0. The second-order valence-electron chi connectivity index (χ2n) is 6.10. The Morgan fingerprint density at radius 3 is 2.40 bits per heavy atom. The molecule has 0 amide bonds. The second kappa shape index (κ2) is 7.45. The molecule has 8 heteroatoms. The molecule has 2 aromatic rings. The van der Waals surface area contributed by atoms with Gasteiger partial charge in [-0.1, -0.05) is 23.2 Å². The average molecular weight is 382 g/mol. The summed E-state index contributed by atoms with van der Waals surface area (Å²) in [6, 6.07) is 6.80. The van der Waals surface area contributed by atoms with Crippen molar-refractivity contribution in [2.45, 2.75) is 31.7 Å². The lowest BCUT2D eigenvalue weighted by molar-refractivity contribution is -0.142. The fourth-order valence-electron chi connectivity index (χ4n) is 3.00. The molecule has 25 heavy (non-hydrogen) atoms. The molecule has 1 saturated carbocycles. The van der Waals surface area contributed by atoms with E-state index in [1.807, 2.05) is 0 Å². The van der Waals surface area contributed by atoms with Gasteiger partial charge >= 0.3 is 5.97 Å². The maximum atomic E-state index is 12.5. The smallest absolute Gasteiger partial charge is 0.306 e. The Labute approximate surface area is 154 Å². The molecule has 0 radical (unpaired) electrons. The summed E-state index contributed by atoms with van der Waals surface area (Å²) < 4.78 is 1.21. The highest BCUT2D eigenvalue weighted by Crippen LogP contribution is 2.28. The van der Waals surface area contributed by atoms with Crippen molar-refractivity contribution in [3.63, 3.8) is 0 Å². The monoisotopic (exact) mass is 381 g/mol. The molecule has 1 heterocycles. The van der Waals surface area contributed by atoms with Crippen molar-refractivity contribution in [1.82, 2.24) is 9.78 Å². The maximum absolute atomic E-state index is 12.5. The van der Waals surface area contributed by atoms with Crippen LogP contribution < -0.4 is 10.9 Å². The standard InChI is InChI=1S/C17H17Cl2N3O3/c18-11-3-7-13(8-4-11)22-16(23)15(19)14(9-20-22)21-12-5-1-10(2-6-12)17(24)25/h3-4,7-10,12,21H,1-2,5-6H2,(H,24,25). The first kappa shape index (κ1) is 17.8. The first-order valence-corrected chi connectivity index (χ1v) is 8.74. The summed E-state index contributed by atoms with van der Waals surface area (Å²) >= 11 is 12.1. The number of hydrogen-bond acceptors (Lipinski definition) is 4. The van der Waals surface area contributed by atoms with Crippen molar-refractivity contribution in [1.29, 1.82) is 0 Å². The molecule has 3 rings (SSSR count). The van der Waals surface area contributed by atoms with E-state index in [9.17, 15) is 9.59 Å². The van der Waals surface area contributed by atoms with E-state index in [4.69, 9.17) is 28.3 Å². The maximum Gasteiger partial charge on any atom is 0.306 e. The summed E-state index contributed by atoms with van der Waals surface area (Å²) in [5.41, 5.74) is 0.619. The third-order valence-corrected chi connectivity index (χ3v) is 5.04. The number of aliphatic carboxylic acids is 1. The highest BCUT2D eigenvalue weighted by Gasteiger charge is 2.26. The van der Waals surface area contributed by atoms with Crippen molar-refractivity contribution in [2.75, 3.05) is 5.32 Å². The number of carbonyl (C=O) groups is 1. The number of nitrogens with zero attached hydrogens (tertiary/aromatic N) is 2. The van der Waals surface area contributed by atoms with E-state index >= 15 is 0 Å². The summed E-state index contributed by atoms with van der Waals surface area (Å²) in [4.78, 5) is 23.5. The molecular weight excluding hydrogens is 365 g/mol. The van der Waals surface area contributed by atoms with Gasteiger partial charge < -0.3 is 10.4 Å². The van der Waals surface area contributed by atoms with Crippen LogP contribution in [0.25, 0.3) is 5.69 Å². The van der Waals surface area contributed by atoms with Crippen LogP contribution in [0.5, 0.6) is 0 Å². The topological polar surface area (TPSA) is 84.2 Å². The number of rotatable bonds is 4. The molecule has 1 aliphatic rings. The van der Waals surface area contributed by atoms with Crippen LogP contribution in [-0.2, 0) is 4.79 Å². The van der Waals surface area contributed by atoms with E-state index < -0.39 is 11.5 Å². The molecule has 0 bridgehead atoms. The molecule has 0 saturated heterocycles. The Bertz CT molecular complexity index is 828. The van der Waals surface area contributed by atoms with E-state index in [1.54, 1.807) is 24.3 Å². The number of aromatic nitrogens is 2. The van der Waals surface area contributed by atoms with Crippen molar-refractivity contribution >= 4 is 34.9 Å². The van der Waals surface area contributed by atoms with Crippen molar-refractivity contribution in [2.24, 2.45) is 5.92 Å². The van der Waals surface area contributed by atoms with Crippen LogP contribution in [0.4, 0.5) is 5.69 Å². The molecule has 2 N–H and O–H groups in total. The van der Waals surface area contributed by atoms with Gasteiger partial charge in [-0.2, -0.15) is 9.78 Å². The molecule has 1 aliphatic carbocycles. The molecule has 0 unspecified atom stereocenters. The number of benzene rings is 1. The molecule has 6 nitrogen and oxygen atoms in total. The fourth-order valence-corrected chi connectivity index (χ4v) is 3.31. The second-order valence-corrected chi connectivity index (χ2v) is 6.91. The third-order valence-electron chi connectivity index (χ3n) is 4.43. The van der Waals surface area contributed by atoms with E-state index in [2.05, 4.69) is 10.4 Å². The van der Waals surface area contributed by atoms with Crippen LogP contribution in [0.15, 0.2) is 35.3 Å². The van der Waals surface area contributed by atoms with E-state index in [-0.39, 0.29) is 17.0 Å².